The van der Waals surface area contributed by atoms with Gasteiger partial charge in [-0.15, -0.1) is 0 Å². The normalized spacial score (nSPS) is 15.0. The number of amides is 1. The van der Waals surface area contributed by atoms with Crippen molar-refractivity contribution in [3.05, 3.63) is 53.9 Å². The van der Waals surface area contributed by atoms with Gasteiger partial charge in [0, 0.05) is 29.6 Å². The molecule has 0 saturated heterocycles. The average molecular weight is 333 g/mol. The lowest BCUT2D eigenvalue weighted by Crippen LogP contribution is -2.20. The van der Waals surface area contributed by atoms with Crippen LogP contribution in [0.5, 0.6) is 0 Å². The molecular formula is C21H23N3O. The highest BCUT2D eigenvalue weighted by molar-refractivity contribution is 5.94. The molecule has 128 valence electrons. The van der Waals surface area contributed by atoms with Crippen LogP contribution in [0.25, 0.3) is 16.9 Å². The first-order valence-electron chi connectivity index (χ1n) is 8.98. The van der Waals surface area contributed by atoms with E-state index >= 15 is 0 Å². The third-order valence-electron chi connectivity index (χ3n) is 5.20. The summed E-state index contributed by atoms with van der Waals surface area (Å²) in [7, 11) is 0. The molecule has 4 heteroatoms. The van der Waals surface area contributed by atoms with Crippen LogP contribution < -0.4 is 5.32 Å². The number of fused-ring (bicyclic) bond motifs is 1. The number of hydrogen-bond acceptors (Lipinski definition) is 2. The van der Waals surface area contributed by atoms with Gasteiger partial charge in [0.15, 0.2) is 0 Å². The highest BCUT2D eigenvalue weighted by atomic mass is 16.1. The number of anilines is 1. The first-order chi connectivity index (χ1) is 12.1. The summed E-state index contributed by atoms with van der Waals surface area (Å²) >= 11 is 0. The Morgan fingerprint density at radius 3 is 2.72 bits per heavy atom. The van der Waals surface area contributed by atoms with E-state index in [2.05, 4.69) is 30.4 Å². The summed E-state index contributed by atoms with van der Waals surface area (Å²) in [5.74, 6) is 0.324. The van der Waals surface area contributed by atoms with E-state index in [1.54, 1.807) is 0 Å². The molecule has 3 aromatic rings. The van der Waals surface area contributed by atoms with Crippen molar-refractivity contribution in [2.45, 2.75) is 39.5 Å². The van der Waals surface area contributed by atoms with Crippen molar-refractivity contribution in [2.75, 3.05) is 5.32 Å². The van der Waals surface area contributed by atoms with Gasteiger partial charge in [0.1, 0.15) is 5.65 Å². The van der Waals surface area contributed by atoms with Gasteiger partial charge < -0.3 is 9.72 Å². The monoisotopic (exact) mass is 333 g/mol. The summed E-state index contributed by atoms with van der Waals surface area (Å²) in [5, 5.41) is 3.13. The summed E-state index contributed by atoms with van der Waals surface area (Å²) in [4.78, 5) is 17.2. The van der Waals surface area contributed by atoms with E-state index in [0.717, 1.165) is 59.4 Å². The van der Waals surface area contributed by atoms with E-state index in [1.807, 2.05) is 35.9 Å². The summed E-state index contributed by atoms with van der Waals surface area (Å²) in [6.07, 6.45) is 8.40. The molecule has 0 unspecified atom stereocenters. The van der Waals surface area contributed by atoms with Crippen LogP contribution in [-0.2, 0) is 4.79 Å². The number of aryl methyl sites for hydroxylation is 2. The van der Waals surface area contributed by atoms with Crippen LogP contribution in [0.2, 0.25) is 0 Å². The first kappa shape index (κ1) is 15.9. The van der Waals surface area contributed by atoms with Crippen molar-refractivity contribution in [2.24, 2.45) is 5.92 Å². The summed E-state index contributed by atoms with van der Waals surface area (Å²) in [5.41, 5.74) is 6.03. The molecule has 1 saturated carbocycles. The number of aromatic nitrogens is 2. The second-order valence-electron chi connectivity index (χ2n) is 7.05. The van der Waals surface area contributed by atoms with E-state index in [-0.39, 0.29) is 11.8 Å². The van der Waals surface area contributed by atoms with Crippen LogP contribution in [0.1, 0.15) is 36.8 Å². The summed E-state index contributed by atoms with van der Waals surface area (Å²) in [6, 6.07) is 10.2. The molecule has 2 heterocycles. The van der Waals surface area contributed by atoms with Crippen LogP contribution in [0.15, 0.2) is 42.7 Å². The zero-order valence-electron chi connectivity index (χ0n) is 14.7. The second kappa shape index (κ2) is 6.36. The molecule has 0 aliphatic heterocycles. The standard InChI is InChI=1S/C21H23N3O/c1-14-9-10-17(12-18(14)23-21(25)16-7-3-4-8-16)19-13-24-11-5-6-15(2)20(24)22-19/h5-6,9-13,16H,3-4,7-8H2,1-2H3,(H,23,25). The Kier molecular flexibility index (Phi) is 4.04. The lowest BCUT2D eigenvalue weighted by Gasteiger charge is -2.13. The topological polar surface area (TPSA) is 46.4 Å². The van der Waals surface area contributed by atoms with Crippen molar-refractivity contribution in [1.82, 2.24) is 9.38 Å². The highest BCUT2D eigenvalue weighted by Gasteiger charge is 2.23. The van der Waals surface area contributed by atoms with Gasteiger partial charge in [0.05, 0.1) is 5.69 Å². The maximum Gasteiger partial charge on any atom is 0.227 e. The van der Waals surface area contributed by atoms with Gasteiger partial charge >= 0.3 is 0 Å². The third-order valence-corrected chi connectivity index (χ3v) is 5.20. The Labute approximate surface area is 147 Å². The molecule has 0 bridgehead atoms. The molecule has 1 amide bonds. The molecule has 0 spiro atoms. The van der Waals surface area contributed by atoms with E-state index in [4.69, 9.17) is 4.98 Å². The molecular weight excluding hydrogens is 310 g/mol. The number of rotatable bonds is 3. The van der Waals surface area contributed by atoms with Gasteiger partial charge in [-0.3, -0.25) is 4.79 Å². The number of pyridine rings is 1. The maximum atomic E-state index is 12.5. The predicted molar refractivity (Wildman–Crippen MR) is 101 cm³/mol. The number of hydrogen-bond donors (Lipinski definition) is 1. The molecule has 2 aromatic heterocycles. The molecule has 1 aliphatic rings. The van der Waals surface area contributed by atoms with Crippen molar-refractivity contribution < 1.29 is 4.79 Å². The van der Waals surface area contributed by atoms with Gasteiger partial charge in [-0.1, -0.05) is 31.0 Å². The fourth-order valence-corrected chi connectivity index (χ4v) is 3.63. The summed E-state index contributed by atoms with van der Waals surface area (Å²) in [6.45, 7) is 4.09. The van der Waals surface area contributed by atoms with Crippen LogP contribution >= 0.6 is 0 Å². The minimum absolute atomic E-state index is 0.156. The van der Waals surface area contributed by atoms with Crippen molar-refractivity contribution in [1.29, 1.82) is 0 Å². The van der Waals surface area contributed by atoms with Gasteiger partial charge in [-0.25, -0.2) is 4.98 Å². The minimum atomic E-state index is 0.156. The average Bonchev–Trinajstić information content (AvgIpc) is 3.26. The molecule has 0 atom stereocenters. The Balaban J connectivity index is 1.66. The lowest BCUT2D eigenvalue weighted by molar-refractivity contribution is -0.119. The first-order valence-corrected chi connectivity index (χ1v) is 8.98. The second-order valence-corrected chi connectivity index (χ2v) is 7.05. The third kappa shape index (κ3) is 3.04. The zero-order chi connectivity index (χ0) is 17.4. The van der Waals surface area contributed by atoms with Gasteiger partial charge in [-0.05, 0) is 49.9 Å². The molecule has 1 aliphatic carbocycles. The molecule has 1 N–H and O–H groups in total. The minimum Gasteiger partial charge on any atom is -0.326 e. The van der Waals surface area contributed by atoms with Gasteiger partial charge in [0.25, 0.3) is 0 Å². The summed E-state index contributed by atoms with van der Waals surface area (Å²) < 4.78 is 2.04. The molecule has 4 nitrogen and oxygen atoms in total. The quantitative estimate of drug-likeness (QED) is 0.752. The SMILES string of the molecule is Cc1ccc(-c2cn3cccc(C)c3n2)cc1NC(=O)C1CCCC1. The lowest BCUT2D eigenvalue weighted by atomic mass is 10.1. The fraction of sp³-hybridized carbons (Fsp3) is 0.333. The Morgan fingerprint density at radius 1 is 1.16 bits per heavy atom. The Bertz CT molecular complexity index is 935. The number of nitrogens with zero attached hydrogens (tertiary/aromatic N) is 2. The molecule has 25 heavy (non-hydrogen) atoms. The van der Waals surface area contributed by atoms with E-state index in [0.29, 0.717) is 0 Å². The Morgan fingerprint density at radius 2 is 1.96 bits per heavy atom. The fourth-order valence-electron chi connectivity index (χ4n) is 3.63. The van der Waals surface area contributed by atoms with Crippen LogP contribution in [0.4, 0.5) is 5.69 Å². The smallest absolute Gasteiger partial charge is 0.227 e. The Hall–Kier alpha value is -2.62. The van der Waals surface area contributed by atoms with Crippen molar-refractivity contribution >= 4 is 17.2 Å². The molecule has 4 rings (SSSR count). The van der Waals surface area contributed by atoms with Crippen LogP contribution in [0, 0.1) is 19.8 Å². The van der Waals surface area contributed by atoms with E-state index in [1.165, 1.54) is 0 Å². The largest absolute Gasteiger partial charge is 0.326 e. The predicted octanol–water partition coefficient (Wildman–Crippen LogP) is 4.75. The molecule has 0 radical (unpaired) electrons. The van der Waals surface area contributed by atoms with Crippen LogP contribution in [0.3, 0.4) is 0 Å². The maximum absolute atomic E-state index is 12.5. The number of imidazole rings is 1. The number of carbonyl (C=O) groups is 1. The van der Waals surface area contributed by atoms with Gasteiger partial charge in [0.2, 0.25) is 5.91 Å². The highest BCUT2D eigenvalue weighted by Crippen LogP contribution is 2.29. The number of nitrogens with one attached hydrogen (secondary N) is 1. The van der Waals surface area contributed by atoms with Crippen LogP contribution in [-0.4, -0.2) is 15.3 Å². The number of carbonyl (C=O) groups excluding carboxylic acids is 1. The van der Waals surface area contributed by atoms with Gasteiger partial charge in [-0.2, -0.15) is 0 Å². The molecule has 1 fully saturated rings. The van der Waals surface area contributed by atoms with E-state index in [9.17, 15) is 4.79 Å². The van der Waals surface area contributed by atoms with Crippen molar-refractivity contribution in [3.8, 4) is 11.3 Å². The molecule has 1 aromatic carbocycles. The number of benzene rings is 1. The zero-order valence-corrected chi connectivity index (χ0v) is 14.7. The van der Waals surface area contributed by atoms with E-state index < -0.39 is 0 Å². The van der Waals surface area contributed by atoms with Crippen molar-refractivity contribution in [3.63, 3.8) is 0 Å².